The molecule has 0 spiro atoms. The van der Waals surface area contributed by atoms with Crippen LogP contribution in [0, 0.1) is 0 Å². The first-order chi connectivity index (χ1) is 8.36. The SMILES string of the molecule is CCOC(=O)C(C)NS(=O)(=O)c1ccc(Cl)nc1. The molecule has 0 bridgehead atoms. The molecule has 1 aromatic heterocycles. The molecule has 1 aromatic rings. The third-order valence-corrected chi connectivity index (χ3v) is 3.73. The molecule has 0 aromatic carbocycles. The van der Waals surface area contributed by atoms with Gasteiger partial charge >= 0.3 is 5.97 Å². The van der Waals surface area contributed by atoms with Crippen LogP contribution in [0.4, 0.5) is 0 Å². The fourth-order valence-electron chi connectivity index (χ4n) is 1.14. The summed E-state index contributed by atoms with van der Waals surface area (Å²) in [5.41, 5.74) is 0. The molecule has 0 radical (unpaired) electrons. The van der Waals surface area contributed by atoms with E-state index in [0.29, 0.717) is 0 Å². The number of hydrogen-bond acceptors (Lipinski definition) is 5. The largest absolute Gasteiger partial charge is 0.465 e. The van der Waals surface area contributed by atoms with Crippen molar-refractivity contribution in [1.82, 2.24) is 9.71 Å². The number of nitrogens with one attached hydrogen (secondary N) is 1. The number of esters is 1. The number of rotatable bonds is 5. The van der Waals surface area contributed by atoms with Crippen LogP contribution >= 0.6 is 11.6 Å². The number of ether oxygens (including phenoxy) is 1. The second-order valence-electron chi connectivity index (χ2n) is 3.41. The van der Waals surface area contributed by atoms with Gasteiger partial charge in [0, 0.05) is 6.20 Å². The second-order valence-corrected chi connectivity index (χ2v) is 5.51. The minimum absolute atomic E-state index is 0.0666. The Morgan fingerprint density at radius 1 is 1.56 bits per heavy atom. The molecule has 0 saturated heterocycles. The molecule has 0 fully saturated rings. The maximum Gasteiger partial charge on any atom is 0.323 e. The van der Waals surface area contributed by atoms with E-state index >= 15 is 0 Å². The summed E-state index contributed by atoms with van der Waals surface area (Å²) in [6.07, 6.45) is 1.11. The lowest BCUT2D eigenvalue weighted by Crippen LogP contribution is -2.39. The molecular formula is C10H13ClN2O4S. The topological polar surface area (TPSA) is 85.4 Å². The highest BCUT2D eigenvalue weighted by atomic mass is 35.5. The summed E-state index contributed by atoms with van der Waals surface area (Å²) in [6.45, 7) is 3.23. The van der Waals surface area contributed by atoms with Crippen molar-refractivity contribution in [1.29, 1.82) is 0 Å². The number of halogens is 1. The van der Waals surface area contributed by atoms with Gasteiger partial charge in [0.15, 0.2) is 0 Å². The summed E-state index contributed by atoms with van der Waals surface area (Å²) in [4.78, 5) is 14.9. The highest BCUT2D eigenvalue weighted by Crippen LogP contribution is 2.11. The fourth-order valence-corrected chi connectivity index (χ4v) is 2.39. The molecule has 1 rings (SSSR count). The molecule has 18 heavy (non-hydrogen) atoms. The van der Waals surface area contributed by atoms with E-state index < -0.39 is 22.0 Å². The van der Waals surface area contributed by atoms with E-state index in [0.717, 1.165) is 6.20 Å². The Hall–Kier alpha value is -1.18. The maximum atomic E-state index is 11.9. The van der Waals surface area contributed by atoms with Crippen LogP contribution < -0.4 is 4.72 Å². The van der Waals surface area contributed by atoms with Crippen LogP contribution in [0.15, 0.2) is 23.2 Å². The first-order valence-corrected chi connectivity index (χ1v) is 7.03. The molecule has 1 atom stereocenters. The van der Waals surface area contributed by atoms with Crippen LogP contribution in [0.5, 0.6) is 0 Å². The number of hydrogen-bond donors (Lipinski definition) is 1. The predicted molar refractivity (Wildman–Crippen MR) is 65.7 cm³/mol. The van der Waals surface area contributed by atoms with Crippen molar-refractivity contribution >= 4 is 27.6 Å². The highest BCUT2D eigenvalue weighted by molar-refractivity contribution is 7.89. The lowest BCUT2D eigenvalue weighted by atomic mass is 10.4. The summed E-state index contributed by atoms with van der Waals surface area (Å²) >= 11 is 5.56. The zero-order valence-corrected chi connectivity index (χ0v) is 11.5. The monoisotopic (exact) mass is 292 g/mol. The molecule has 0 aliphatic rings. The Morgan fingerprint density at radius 3 is 2.72 bits per heavy atom. The summed E-state index contributed by atoms with van der Waals surface area (Å²) in [7, 11) is -3.81. The molecule has 8 heteroatoms. The standard InChI is InChI=1S/C10H13ClN2O4S/c1-3-17-10(14)7(2)13-18(15,16)8-4-5-9(11)12-6-8/h4-7,13H,3H2,1-2H3. The van der Waals surface area contributed by atoms with Crippen LogP contribution in [0.2, 0.25) is 5.15 Å². The number of pyridine rings is 1. The van der Waals surface area contributed by atoms with Gasteiger partial charge in [0.05, 0.1) is 6.61 Å². The predicted octanol–water partition coefficient (Wildman–Crippen LogP) is 0.965. The van der Waals surface area contributed by atoms with Gasteiger partial charge in [0.1, 0.15) is 16.1 Å². The van der Waals surface area contributed by atoms with Crippen LogP contribution in [0.1, 0.15) is 13.8 Å². The van der Waals surface area contributed by atoms with Crippen LogP contribution in [0.3, 0.4) is 0 Å². The Balaban J connectivity index is 2.82. The first kappa shape index (κ1) is 14.9. The van der Waals surface area contributed by atoms with Crippen molar-refractivity contribution in [2.24, 2.45) is 0 Å². The molecule has 1 N–H and O–H groups in total. The van der Waals surface area contributed by atoms with Gasteiger partial charge in [-0.05, 0) is 26.0 Å². The number of carbonyl (C=O) groups is 1. The van der Waals surface area contributed by atoms with Gasteiger partial charge in [0.2, 0.25) is 10.0 Å². The van der Waals surface area contributed by atoms with Gasteiger partial charge in [-0.25, -0.2) is 13.4 Å². The van der Waals surface area contributed by atoms with Crippen molar-refractivity contribution in [3.8, 4) is 0 Å². The van der Waals surface area contributed by atoms with Crippen molar-refractivity contribution in [3.05, 3.63) is 23.5 Å². The highest BCUT2D eigenvalue weighted by Gasteiger charge is 2.22. The number of sulfonamides is 1. The minimum atomic E-state index is -3.81. The molecule has 100 valence electrons. The average molecular weight is 293 g/mol. The van der Waals surface area contributed by atoms with Gasteiger partial charge in [-0.1, -0.05) is 11.6 Å². The molecule has 0 aliphatic heterocycles. The number of aromatic nitrogens is 1. The van der Waals surface area contributed by atoms with E-state index in [9.17, 15) is 13.2 Å². The molecule has 1 heterocycles. The maximum absolute atomic E-state index is 11.9. The smallest absolute Gasteiger partial charge is 0.323 e. The van der Waals surface area contributed by atoms with E-state index in [1.165, 1.54) is 19.1 Å². The molecular weight excluding hydrogens is 280 g/mol. The summed E-state index contributed by atoms with van der Waals surface area (Å²) in [5, 5.41) is 0.187. The Morgan fingerprint density at radius 2 is 2.22 bits per heavy atom. The van der Waals surface area contributed by atoms with Crippen molar-refractivity contribution in [2.45, 2.75) is 24.8 Å². The van der Waals surface area contributed by atoms with E-state index in [4.69, 9.17) is 16.3 Å². The quantitative estimate of drug-likeness (QED) is 0.645. The number of carbonyl (C=O) groups excluding carboxylic acids is 1. The summed E-state index contributed by atoms with van der Waals surface area (Å²) < 4.78 is 30.6. The van der Waals surface area contributed by atoms with Crippen LogP contribution in [-0.2, 0) is 19.6 Å². The first-order valence-electron chi connectivity index (χ1n) is 5.17. The fraction of sp³-hybridized carbons (Fsp3) is 0.400. The van der Waals surface area contributed by atoms with Crippen molar-refractivity contribution < 1.29 is 17.9 Å². The van der Waals surface area contributed by atoms with Gasteiger partial charge in [-0.3, -0.25) is 4.79 Å². The normalized spacial score (nSPS) is 13.1. The Bertz CT molecular complexity index is 515. The van der Waals surface area contributed by atoms with Crippen molar-refractivity contribution in [2.75, 3.05) is 6.61 Å². The molecule has 0 saturated carbocycles. The third kappa shape index (κ3) is 3.94. The van der Waals surface area contributed by atoms with E-state index in [-0.39, 0.29) is 16.7 Å². The minimum Gasteiger partial charge on any atom is -0.465 e. The van der Waals surface area contributed by atoms with Gasteiger partial charge in [-0.15, -0.1) is 0 Å². The second kappa shape index (κ2) is 6.12. The zero-order chi connectivity index (χ0) is 13.8. The number of nitrogens with zero attached hydrogens (tertiary/aromatic N) is 1. The Labute approximate surface area is 110 Å². The van der Waals surface area contributed by atoms with Crippen LogP contribution in [0.25, 0.3) is 0 Å². The van der Waals surface area contributed by atoms with Crippen molar-refractivity contribution in [3.63, 3.8) is 0 Å². The molecule has 6 nitrogen and oxygen atoms in total. The lowest BCUT2D eigenvalue weighted by Gasteiger charge is -2.12. The summed E-state index contributed by atoms with van der Waals surface area (Å²) in [5.74, 6) is -0.636. The van der Waals surface area contributed by atoms with E-state index in [1.54, 1.807) is 6.92 Å². The summed E-state index contributed by atoms with van der Waals surface area (Å²) in [6, 6.07) is 1.69. The molecule has 0 aliphatic carbocycles. The molecule has 0 amide bonds. The zero-order valence-electron chi connectivity index (χ0n) is 9.88. The van der Waals surface area contributed by atoms with E-state index in [2.05, 4.69) is 9.71 Å². The Kier molecular flexibility index (Phi) is 5.06. The van der Waals surface area contributed by atoms with E-state index in [1.807, 2.05) is 0 Å². The van der Waals surface area contributed by atoms with Gasteiger partial charge in [-0.2, -0.15) is 4.72 Å². The molecule has 1 unspecified atom stereocenters. The van der Waals surface area contributed by atoms with Gasteiger partial charge in [0.25, 0.3) is 0 Å². The lowest BCUT2D eigenvalue weighted by molar-refractivity contribution is -0.144. The van der Waals surface area contributed by atoms with Gasteiger partial charge < -0.3 is 4.74 Å². The third-order valence-electron chi connectivity index (χ3n) is 1.98. The average Bonchev–Trinajstić information content (AvgIpc) is 2.29. The van der Waals surface area contributed by atoms with Crippen LogP contribution in [-0.4, -0.2) is 32.0 Å².